The molecule has 0 amide bonds. The Hall–Kier alpha value is -2.18. The summed E-state index contributed by atoms with van der Waals surface area (Å²) < 4.78 is 1.70. The summed E-state index contributed by atoms with van der Waals surface area (Å²) >= 11 is 7.20. The van der Waals surface area contributed by atoms with Crippen molar-refractivity contribution in [3.05, 3.63) is 46.7 Å². The van der Waals surface area contributed by atoms with Gasteiger partial charge in [0.15, 0.2) is 17.2 Å². The smallest absolute Gasteiger partial charge is 0.164 e. The molecule has 3 rings (SSSR count). The molecule has 0 saturated carbocycles. The Labute approximate surface area is 160 Å². The number of fused-ring (bicyclic) bond motifs is 1. The molecule has 0 aliphatic heterocycles. The highest BCUT2D eigenvalue weighted by Crippen LogP contribution is 2.32. The highest BCUT2D eigenvalue weighted by atomic mass is 35.5. The molecule has 0 N–H and O–H groups in total. The highest BCUT2D eigenvalue weighted by molar-refractivity contribution is 8.01. The molecule has 5 nitrogen and oxygen atoms in total. The van der Waals surface area contributed by atoms with Crippen LogP contribution >= 0.6 is 23.4 Å². The lowest BCUT2D eigenvalue weighted by molar-refractivity contribution is -0.123. The van der Waals surface area contributed by atoms with Crippen molar-refractivity contribution in [1.82, 2.24) is 14.6 Å². The SMILES string of the molecule is CC(=O)C(Sc1cc(C)nc2c(-c3ccc(Cl)cc3)c(C)nn12)C(C)=O. The summed E-state index contributed by atoms with van der Waals surface area (Å²) in [4.78, 5) is 28.3. The van der Waals surface area contributed by atoms with Crippen molar-refractivity contribution in [1.29, 1.82) is 0 Å². The Morgan fingerprint density at radius 2 is 1.73 bits per heavy atom. The molecule has 0 saturated heterocycles. The quantitative estimate of drug-likeness (QED) is 0.371. The van der Waals surface area contributed by atoms with Gasteiger partial charge in [-0.15, -0.1) is 0 Å². The number of aromatic nitrogens is 3. The van der Waals surface area contributed by atoms with E-state index in [0.29, 0.717) is 15.7 Å². The monoisotopic (exact) mass is 387 g/mol. The molecule has 0 unspecified atom stereocenters. The third-order valence-corrected chi connectivity index (χ3v) is 5.65. The van der Waals surface area contributed by atoms with Crippen LogP contribution in [0.2, 0.25) is 5.02 Å². The van der Waals surface area contributed by atoms with Gasteiger partial charge in [-0.05, 0) is 51.5 Å². The predicted octanol–water partition coefficient (Wildman–Crippen LogP) is 4.31. The molecule has 0 aliphatic rings. The number of thioether (sulfide) groups is 1. The minimum absolute atomic E-state index is 0.174. The van der Waals surface area contributed by atoms with E-state index < -0.39 is 5.25 Å². The van der Waals surface area contributed by atoms with Gasteiger partial charge in [0.05, 0.1) is 5.69 Å². The Morgan fingerprint density at radius 1 is 1.12 bits per heavy atom. The number of hydrogen-bond donors (Lipinski definition) is 0. The number of ketones is 2. The van der Waals surface area contributed by atoms with E-state index in [1.807, 2.05) is 44.2 Å². The average Bonchev–Trinajstić information content (AvgIpc) is 2.88. The maximum atomic E-state index is 11.8. The lowest BCUT2D eigenvalue weighted by Gasteiger charge is -2.11. The van der Waals surface area contributed by atoms with Gasteiger partial charge in [0.2, 0.25) is 0 Å². The first-order valence-corrected chi connectivity index (χ1v) is 9.34. The van der Waals surface area contributed by atoms with E-state index in [0.717, 1.165) is 22.5 Å². The van der Waals surface area contributed by atoms with Crippen molar-refractivity contribution >= 4 is 40.6 Å². The fourth-order valence-corrected chi connectivity index (χ4v) is 3.99. The van der Waals surface area contributed by atoms with Crippen molar-refractivity contribution < 1.29 is 9.59 Å². The third kappa shape index (κ3) is 3.52. The van der Waals surface area contributed by atoms with E-state index in [1.54, 1.807) is 4.52 Å². The van der Waals surface area contributed by atoms with Crippen LogP contribution in [0.5, 0.6) is 0 Å². The van der Waals surface area contributed by atoms with Gasteiger partial charge < -0.3 is 0 Å². The maximum absolute atomic E-state index is 11.8. The van der Waals surface area contributed by atoms with Crippen LogP contribution in [0.15, 0.2) is 35.4 Å². The van der Waals surface area contributed by atoms with Gasteiger partial charge in [-0.1, -0.05) is 35.5 Å². The van der Waals surface area contributed by atoms with Crippen LogP contribution in [0.1, 0.15) is 25.2 Å². The second kappa shape index (κ2) is 7.21. The minimum atomic E-state index is -0.747. The van der Waals surface area contributed by atoms with E-state index in [1.165, 1.54) is 25.6 Å². The first kappa shape index (κ1) is 18.6. The molecule has 0 radical (unpaired) electrons. The molecule has 0 bridgehead atoms. The van der Waals surface area contributed by atoms with Crippen LogP contribution in [0.4, 0.5) is 0 Å². The Morgan fingerprint density at radius 3 is 2.31 bits per heavy atom. The van der Waals surface area contributed by atoms with E-state index in [4.69, 9.17) is 11.6 Å². The van der Waals surface area contributed by atoms with Crippen LogP contribution in [-0.4, -0.2) is 31.4 Å². The summed E-state index contributed by atoms with van der Waals surface area (Å²) in [5.41, 5.74) is 4.17. The third-order valence-electron chi connectivity index (χ3n) is 3.97. The van der Waals surface area contributed by atoms with E-state index in [9.17, 15) is 9.59 Å². The fourth-order valence-electron chi connectivity index (χ4n) is 2.82. The molecule has 0 spiro atoms. The maximum Gasteiger partial charge on any atom is 0.164 e. The molecule has 2 aromatic heterocycles. The van der Waals surface area contributed by atoms with Crippen LogP contribution < -0.4 is 0 Å². The normalized spacial score (nSPS) is 11.3. The predicted molar refractivity (Wildman–Crippen MR) is 104 cm³/mol. The highest BCUT2D eigenvalue weighted by Gasteiger charge is 2.24. The average molecular weight is 388 g/mol. The zero-order valence-corrected chi connectivity index (χ0v) is 16.5. The number of carbonyl (C=O) groups excluding carboxylic acids is 2. The second-order valence-electron chi connectivity index (χ2n) is 6.16. The van der Waals surface area contributed by atoms with Crippen molar-refractivity contribution in [2.24, 2.45) is 0 Å². The van der Waals surface area contributed by atoms with Gasteiger partial charge in [-0.3, -0.25) is 9.59 Å². The summed E-state index contributed by atoms with van der Waals surface area (Å²) in [5.74, 6) is -0.348. The number of Topliss-reactive ketones (excluding diaryl/α,β-unsaturated/α-hetero) is 2. The van der Waals surface area contributed by atoms with Gasteiger partial charge in [-0.2, -0.15) is 5.10 Å². The standard InChI is InChI=1S/C19H18ClN3O2S/c1-10-9-16(26-18(12(3)24)13(4)25)23-19(21-10)17(11(2)22-23)14-5-7-15(20)8-6-14/h5-9,18H,1-4H3. The molecular formula is C19H18ClN3O2S. The van der Waals surface area contributed by atoms with Crippen LogP contribution in [0.3, 0.4) is 0 Å². The molecule has 0 aliphatic carbocycles. The summed E-state index contributed by atoms with van der Waals surface area (Å²) in [6, 6.07) is 9.35. The molecular weight excluding hydrogens is 370 g/mol. The van der Waals surface area contributed by atoms with E-state index >= 15 is 0 Å². The van der Waals surface area contributed by atoms with Crippen LogP contribution in [0, 0.1) is 13.8 Å². The van der Waals surface area contributed by atoms with Crippen molar-refractivity contribution in [3.63, 3.8) is 0 Å². The summed E-state index contributed by atoms with van der Waals surface area (Å²) in [6.45, 7) is 6.65. The lowest BCUT2D eigenvalue weighted by Crippen LogP contribution is -2.22. The largest absolute Gasteiger partial charge is 0.298 e. The Bertz CT molecular complexity index is 998. The van der Waals surface area contributed by atoms with E-state index in [-0.39, 0.29) is 11.6 Å². The summed E-state index contributed by atoms with van der Waals surface area (Å²) in [6.07, 6.45) is 0. The molecule has 26 heavy (non-hydrogen) atoms. The molecule has 1 aromatic carbocycles. The number of aryl methyl sites for hydroxylation is 2. The number of rotatable bonds is 5. The number of nitrogens with zero attached hydrogens (tertiary/aromatic N) is 3. The number of halogens is 1. The van der Waals surface area contributed by atoms with Crippen LogP contribution in [-0.2, 0) is 9.59 Å². The van der Waals surface area contributed by atoms with E-state index in [2.05, 4.69) is 10.1 Å². The first-order chi connectivity index (χ1) is 12.3. The summed E-state index contributed by atoms with van der Waals surface area (Å²) in [5, 5.41) is 5.23. The molecule has 3 aromatic rings. The zero-order valence-electron chi connectivity index (χ0n) is 14.9. The first-order valence-electron chi connectivity index (χ1n) is 8.08. The number of carbonyl (C=O) groups is 2. The number of benzene rings is 1. The summed E-state index contributed by atoms with van der Waals surface area (Å²) in [7, 11) is 0. The second-order valence-corrected chi connectivity index (χ2v) is 7.72. The van der Waals surface area contributed by atoms with Gasteiger partial charge in [0.25, 0.3) is 0 Å². The topological polar surface area (TPSA) is 64.3 Å². The minimum Gasteiger partial charge on any atom is -0.298 e. The zero-order chi connectivity index (χ0) is 19.0. The van der Waals surface area contributed by atoms with Gasteiger partial charge >= 0.3 is 0 Å². The van der Waals surface area contributed by atoms with Gasteiger partial charge in [0.1, 0.15) is 10.3 Å². The molecule has 7 heteroatoms. The van der Waals surface area contributed by atoms with Crippen molar-refractivity contribution in [2.75, 3.05) is 0 Å². The molecule has 2 heterocycles. The van der Waals surface area contributed by atoms with Gasteiger partial charge in [0, 0.05) is 16.3 Å². The molecule has 0 fully saturated rings. The van der Waals surface area contributed by atoms with Crippen molar-refractivity contribution in [3.8, 4) is 11.1 Å². The molecule has 134 valence electrons. The van der Waals surface area contributed by atoms with Crippen LogP contribution in [0.25, 0.3) is 16.8 Å². The Kier molecular flexibility index (Phi) is 5.16. The fraction of sp³-hybridized carbons (Fsp3) is 0.263. The van der Waals surface area contributed by atoms with Gasteiger partial charge in [-0.25, -0.2) is 9.50 Å². The number of hydrogen-bond acceptors (Lipinski definition) is 5. The Balaban J connectivity index is 2.18. The molecule has 0 atom stereocenters. The van der Waals surface area contributed by atoms with Crippen molar-refractivity contribution in [2.45, 2.75) is 38.0 Å². The lowest BCUT2D eigenvalue weighted by atomic mass is 10.1.